The Labute approximate surface area is 114 Å². The van der Waals surface area contributed by atoms with Gasteiger partial charge in [-0.15, -0.1) is 0 Å². The molecule has 0 saturated carbocycles. The molecule has 0 aromatic heterocycles. The molecule has 100 valence electrons. The summed E-state index contributed by atoms with van der Waals surface area (Å²) in [7, 11) is 3.36. The number of hydrogen-bond donors (Lipinski definition) is 1. The Bertz CT molecular complexity index is 508. The zero-order valence-corrected chi connectivity index (χ0v) is 11.3. The van der Waals surface area contributed by atoms with Crippen LogP contribution in [0.25, 0.3) is 0 Å². The molecule has 2 rings (SSSR count). The minimum Gasteiger partial charge on any atom is -0.497 e. The maximum atomic E-state index is 5.30. The van der Waals surface area contributed by atoms with Crippen molar-refractivity contribution in [2.45, 2.75) is 6.42 Å². The molecule has 1 N–H and O–H groups in total. The van der Waals surface area contributed by atoms with Gasteiger partial charge in [0.2, 0.25) is 0 Å². The Morgan fingerprint density at radius 3 is 2.32 bits per heavy atom. The van der Waals surface area contributed by atoms with Gasteiger partial charge in [-0.1, -0.05) is 24.3 Å². The SMILES string of the molecule is COc1ccc(CCNc2ccccc2OC)cc1. The first-order valence-electron chi connectivity index (χ1n) is 6.33. The van der Waals surface area contributed by atoms with Gasteiger partial charge in [0.15, 0.2) is 0 Å². The predicted molar refractivity (Wildman–Crippen MR) is 78.2 cm³/mol. The summed E-state index contributed by atoms with van der Waals surface area (Å²) >= 11 is 0. The lowest BCUT2D eigenvalue weighted by atomic mass is 10.1. The van der Waals surface area contributed by atoms with Gasteiger partial charge in [-0.2, -0.15) is 0 Å². The zero-order valence-electron chi connectivity index (χ0n) is 11.3. The summed E-state index contributed by atoms with van der Waals surface area (Å²) in [4.78, 5) is 0. The van der Waals surface area contributed by atoms with Gasteiger partial charge in [-0.3, -0.25) is 0 Å². The van der Waals surface area contributed by atoms with Gasteiger partial charge in [-0.05, 0) is 36.2 Å². The number of para-hydroxylation sites is 2. The van der Waals surface area contributed by atoms with E-state index in [1.165, 1.54) is 5.56 Å². The number of hydrogen-bond acceptors (Lipinski definition) is 3. The highest BCUT2D eigenvalue weighted by Gasteiger charge is 2.00. The van der Waals surface area contributed by atoms with E-state index in [1.807, 2.05) is 36.4 Å². The Hall–Kier alpha value is -2.16. The van der Waals surface area contributed by atoms with Crippen LogP contribution in [-0.4, -0.2) is 20.8 Å². The topological polar surface area (TPSA) is 30.5 Å². The highest BCUT2D eigenvalue weighted by molar-refractivity contribution is 5.56. The number of benzene rings is 2. The lowest BCUT2D eigenvalue weighted by molar-refractivity contribution is 0.414. The minimum absolute atomic E-state index is 0.868. The summed E-state index contributed by atoms with van der Waals surface area (Å²) in [5, 5.41) is 3.39. The highest BCUT2D eigenvalue weighted by Crippen LogP contribution is 2.22. The maximum Gasteiger partial charge on any atom is 0.141 e. The third-order valence-electron chi connectivity index (χ3n) is 3.00. The number of anilines is 1. The van der Waals surface area contributed by atoms with Crippen molar-refractivity contribution in [3.8, 4) is 11.5 Å². The molecule has 2 aromatic carbocycles. The van der Waals surface area contributed by atoms with E-state index in [4.69, 9.17) is 9.47 Å². The zero-order chi connectivity index (χ0) is 13.5. The summed E-state index contributed by atoms with van der Waals surface area (Å²) in [5.74, 6) is 1.76. The van der Waals surface area contributed by atoms with Crippen molar-refractivity contribution in [1.29, 1.82) is 0 Å². The van der Waals surface area contributed by atoms with Crippen LogP contribution in [0, 0.1) is 0 Å². The normalized spacial score (nSPS) is 10.0. The fraction of sp³-hybridized carbons (Fsp3) is 0.250. The van der Waals surface area contributed by atoms with Crippen LogP contribution >= 0.6 is 0 Å². The van der Waals surface area contributed by atoms with Crippen molar-refractivity contribution in [2.75, 3.05) is 26.1 Å². The fourth-order valence-corrected chi connectivity index (χ4v) is 1.92. The molecule has 0 aliphatic carbocycles. The van der Waals surface area contributed by atoms with E-state index >= 15 is 0 Å². The molecule has 0 fully saturated rings. The van der Waals surface area contributed by atoms with Crippen LogP contribution in [0.3, 0.4) is 0 Å². The first-order chi connectivity index (χ1) is 9.33. The van der Waals surface area contributed by atoms with Crippen LogP contribution in [0.1, 0.15) is 5.56 Å². The largest absolute Gasteiger partial charge is 0.497 e. The number of nitrogens with one attached hydrogen (secondary N) is 1. The molecule has 0 amide bonds. The summed E-state index contributed by atoms with van der Waals surface area (Å²) in [6.07, 6.45) is 0.960. The van der Waals surface area contributed by atoms with Crippen molar-refractivity contribution in [1.82, 2.24) is 0 Å². The molecule has 0 unspecified atom stereocenters. The highest BCUT2D eigenvalue weighted by atomic mass is 16.5. The van der Waals surface area contributed by atoms with E-state index in [1.54, 1.807) is 14.2 Å². The van der Waals surface area contributed by atoms with Gasteiger partial charge >= 0.3 is 0 Å². The molecule has 0 aliphatic heterocycles. The molecular formula is C16H19NO2. The average molecular weight is 257 g/mol. The molecule has 19 heavy (non-hydrogen) atoms. The van der Waals surface area contributed by atoms with Gasteiger partial charge in [0.25, 0.3) is 0 Å². The van der Waals surface area contributed by atoms with Crippen LogP contribution in [0.15, 0.2) is 48.5 Å². The molecule has 3 heteroatoms. The van der Waals surface area contributed by atoms with E-state index < -0.39 is 0 Å². The van der Waals surface area contributed by atoms with E-state index in [0.29, 0.717) is 0 Å². The summed E-state index contributed by atoms with van der Waals surface area (Å²) in [5.41, 5.74) is 2.31. The summed E-state index contributed by atoms with van der Waals surface area (Å²) in [6.45, 7) is 0.868. The van der Waals surface area contributed by atoms with E-state index in [-0.39, 0.29) is 0 Å². The Kier molecular flexibility index (Phi) is 4.67. The molecule has 0 spiro atoms. The average Bonchev–Trinajstić information content (AvgIpc) is 2.48. The van der Waals surface area contributed by atoms with Crippen LogP contribution < -0.4 is 14.8 Å². The smallest absolute Gasteiger partial charge is 0.141 e. The molecule has 0 bridgehead atoms. The molecule has 0 aliphatic rings. The van der Waals surface area contributed by atoms with E-state index in [9.17, 15) is 0 Å². The quantitative estimate of drug-likeness (QED) is 0.860. The summed E-state index contributed by atoms with van der Waals surface area (Å²) in [6, 6.07) is 16.1. The van der Waals surface area contributed by atoms with Crippen molar-refractivity contribution in [3.63, 3.8) is 0 Å². The first-order valence-corrected chi connectivity index (χ1v) is 6.33. The summed E-state index contributed by atoms with van der Waals surface area (Å²) < 4.78 is 10.4. The number of ether oxygens (including phenoxy) is 2. The monoisotopic (exact) mass is 257 g/mol. The van der Waals surface area contributed by atoms with Crippen molar-refractivity contribution < 1.29 is 9.47 Å². The molecule has 0 saturated heterocycles. The molecule has 3 nitrogen and oxygen atoms in total. The minimum atomic E-state index is 0.868. The molecule has 0 radical (unpaired) electrons. The predicted octanol–water partition coefficient (Wildman–Crippen LogP) is 3.36. The van der Waals surface area contributed by atoms with Gasteiger partial charge in [0, 0.05) is 6.54 Å². The van der Waals surface area contributed by atoms with E-state index in [2.05, 4.69) is 17.4 Å². The van der Waals surface area contributed by atoms with Crippen LogP contribution in [0.5, 0.6) is 11.5 Å². The molecule has 0 heterocycles. The lowest BCUT2D eigenvalue weighted by Gasteiger charge is -2.10. The second-order valence-electron chi connectivity index (χ2n) is 4.23. The van der Waals surface area contributed by atoms with Crippen molar-refractivity contribution in [3.05, 3.63) is 54.1 Å². The van der Waals surface area contributed by atoms with Gasteiger partial charge < -0.3 is 14.8 Å². The standard InChI is InChI=1S/C16H19NO2/c1-18-14-9-7-13(8-10-14)11-12-17-15-5-3-4-6-16(15)19-2/h3-10,17H,11-12H2,1-2H3. The maximum absolute atomic E-state index is 5.30. The number of methoxy groups -OCH3 is 2. The van der Waals surface area contributed by atoms with Crippen LogP contribution in [0.4, 0.5) is 5.69 Å². The molecular weight excluding hydrogens is 238 g/mol. The van der Waals surface area contributed by atoms with Gasteiger partial charge in [0.1, 0.15) is 11.5 Å². The van der Waals surface area contributed by atoms with Gasteiger partial charge in [-0.25, -0.2) is 0 Å². The van der Waals surface area contributed by atoms with Crippen LogP contribution in [0.2, 0.25) is 0 Å². The third kappa shape index (κ3) is 3.65. The van der Waals surface area contributed by atoms with Crippen molar-refractivity contribution >= 4 is 5.69 Å². The fourth-order valence-electron chi connectivity index (χ4n) is 1.92. The second-order valence-corrected chi connectivity index (χ2v) is 4.23. The van der Waals surface area contributed by atoms with E-state index in [0.717, 1.165) is 30.2 Å². The number of rotatable bonds is 6. The molecule has 2 aromatic rings. The Balaban J connectivity index is 1.88. The Morgan fingerprint density at radius 1 is 0.895 bits per heavy atom. The Morgan fingerprint density at radius 2 is 1.63 bits per heavy atom. The van der Waals surface area contributed by atoms with Crippen molar-refractivity contribution in [2.24, 2.45) is 0 Å². The van der Waals surface area contributed by atoms with Gasteiger partial charge in [0.05, 0.1) is 19.9 Å². The third-order valence-corrected chi connectivity index (χ3v) is 3.00. The first kappa shape index (κ1) is 13.3. The molecule has 0 atom stereocenters. The van der Waals surface area contributed by atoms with Crippen LogP contribution in [-0.2, 0) is 6.42 Å². The lowest BCUT2D eigenvalue weighted by Crippen LogP contribution is -2.05. The second kappa shape index (κ2) is 6.69.